The van der Waals surface area contributed by atoms with Gasteiger partial charge < -0.3 is 4.74 Å². The van der Waals surface area contributed by atoms with E-state index in [9.17, 15) is 36.9 Å². The number of rotatable bonds is 5. The van der Waals surface area contributed by atoms with Crippen molar-refractivity contribution in [3.05, 3.63) is 80.7 Å². The standard InChI is InChI=1S/C16H8F5NO4/c17-12-9(13(18)15(20)16(21)14(12)19)7-26-11(23)6-5-8-3-1-2-4-10(8)22(24)25/h1-6H,7H2/b6-5+. The van der Waals surface area contributed by atoms with Gasteiger partial charge in [0.1, 0.15) is 6.61 Å². The second-order valence-corrected chi connectivity index (χ2v) is 4.81. The van der Waals surface area contributed by atoms with Gasteiger partial charge in [0, 0.05) is 12.1 Å². The molecule has 2 aromatic rings. The topological polar surface area (TPSA) is 69.4 Å². The maximum Gasteiger partial charge on any atom is 0.331 e. The van der Waals surface area contributed by atoms with E-state index in [4.69, 9.17) is 0 Å². The molecule has 0 spiro atoms. The van der Waals surface area contributed by atoms with Crippen LogP contribution in [0.4, 0.5) is 27.6 Å². The Morgan fingerprint density at radius 3 is 2.12 bits per heavy atom. The highest BCUT2D eigenvalue weighted by Gasteiger charge is 2.26. The van der Waals surface area contributed by atoms with Crippen molar-refractivity contribution in [2.24, 2.45) is 0 Å². The Kier molecular flexibility index (Phi) is 5.65. The number of carbonyl (C=O) groups excluding carboxylic acids is 1. The normalized spacial score (nSPS) is 11.0. The molecule has 26 heavy (non-hydrogen) atoms. The number of carbonyl (C=O) groups is 1. The second kappa shape index (κ2) is 7.72. The fourth-order valence-electron chi connectivity index (χ4n) is 1.92. The van der Waals surface area contributed by atoms with Crippen LogP contribution in [-0.2, 0) is 16.1 Å². The Morgan fingerprint density at radius 1 is 1.00 bits per heavy atom. The van der Waals surface area contributed by atoms with E-state index < -0.39 is 52.1 Å². The number of benzene rings is 2. The van der Waals surface area contributed by atoms with Gasteiger partial charge in [0.25, 0.3) is 5.69 Å². The third-order valence-corrected chi connectivity index (χ3v) is 3.19. The molecule has 0 amide bonds. The van der Waals surface area contributed by atoms with E-state index in [-0.39, 0.29) is 11.3 Å². The van der Waals surface area contributed by atoms with E-state index in [1.54, 1.807) is 0 Å². The highest BCUT2D eigenvalue weighted by Crippen LogP contribution is 2.24. The molecule has 0 fully saturated rings. The molecule has 0 aliphatic heterocycles. The van der Waals surface area contributed by atoms with Crippen molar-refractivity contribution in [1.29, 1.82) is 0 Å². The van der Waals surface area contributed by atoms with Gasteiger partial charge in [-0.15, -0.1) is 0 Å². The zero-order chi connectivity index (χ0) is 19.4. The molecule has 0 heterocycles. The van der Waals surface area contributed by atoms with Crippen LogP contribution >= 0.6 is 0 Å². The molecule has 0 aromatic heterocycles. The molecule has 2 aromatic carbocycles. The lowest BCUT2D eigenvalue weighted by molar-refractivity contribution is -0.385. The molecule has 0 N–H and O–H groups in total. The van der Waals surface area contributed by atoms with Crippen molar-refractivity contribution >= 4 is 17.7 Å². The predicted octanol–water partition coefficient (Wildman–Crippen LogP) is 4.05. The van der Waals surface area contributed by atoms with Crippen LogP contribution < -0.4 is 0 Å². The van der Waals surface area contributed by atoms with E-state index in [1.807, 2.05) is 0 Å². The van der Waals surface area contributed by atoms with E-state index in [1.165, 1.54) is 24.3 Å². The summed E-state index contributed by atoms with van der Waals surface area (Å²) in [6.07, 6.45) is 1.73. The summed E-state index contributed by atoms with van der Waals surface area (Å²) in [6, 6.07) is 5.37. The van der Waals surface area contributed by atoms with Crippen LogP contribution in [0.5, 0.6) is 0 Å². The lowest BCUT2D eigenvalue weighted by Crippen LogP contribution is -2.10. The van der Waals surface area contributed by atoms with Gasteiger partial charge in [-0.05, 0) is 12.1 Å². The van der Waals surface area contributed by atoms with Crippen LogP contribution in [0.2, 0.25) is 0 Å². The lowest BCUT2D eigenvalue weighted by atomic mass is 10.1. The zero-order valence-corrected chi connectivity index (χ0v) is 12.6. The summed E-state index contributed by atoms with van der Waals surface area (Å²) in [7, 11) is 0. The average molecular weight is 373 g/mol. The van der Waals surface area contributed by atoms with Crippen molar-refractivity contribution in [1.82, 2.24) is 0 Å². The third kappa shape index (κ3) is 3.85. The molecule has 0 aliphatic rings. The Bertz CT molecular complexity index is 885. The third-order valence-electron chi connectivity index (χ3n) is 3.19. The van der Waals surface area contributed by atoms with Crippen molar-refractivity contribution < 1.29 is 36.4 Å². The first kappa shape index (κ1) is 19.0. The smallest absolute Gasteiger partial charge is 0.331 e. The van der Waals surface area contributed by atoms with Gasteiger partial charge in [0.15, 0.2) is 23.3 Å². The number of para-hydroxylation sites is 1. The first-order valence-electron chi connectivity index (χ1n) is 6.82. The summed E-state index contributed by atoms with van der Waals surface area (Å²) in [5.74, 6) is -12.1. The minimum Gasteiger partial charge on any atom is -0.457 e. The molecule has 0 atom stereocenters. The van der Waals surface area contributed by atoms with Gasteiger partial charge in [-0.3, -0.25) is 10.1 Å². The van der Waals surface area contributed by atoms with Crippen molar-refractivity contribution in [3.63, 3.8) is 0 Å². The monoisotopic (exact) mass is 373 g/mol. The van der Waals surface area contributed by atoms with Gasteiger partial charge in [-0.25, -0.2) is 26.7 Å². The number of nitrogens with zero attached hydrogens (tertiary/aromatic N) is 1. The van der Waals surface area contributed by atoms with E-state index >= 15 is 0 Å². The average Bonchev–Trinajstić information content (AvgIpc) is 2.63. The maximum absolute atomic E-state index is 13.4. The molecule has 2 rings (SSSR count). The van der Waals surface area contributed by atoms with Crippen LogP contribution in [-0.4, -0.2) is 10.9 Å². The van der Waals surface area contributed by atoms with Gasteiger partial charge in [0.2, 0.25) is 5.82 Å². The van der Waals surface area contributed by atoms with Crippen LogP contribution in [0.15, 0.2) is 30.3 Å². The van der Waals surface area contributed by atoms with Crippen molar-refractivity contribution in [3.8, 4) is 0 Å². The fourth-order valence-corrected chi connectivity index (χ4v) is 1.92. The van der Waals surface area contributed by atoms with E-state index in [2.05, 4.69) is 4.74 Å². The number of halogens is 5. The Morgan fingerprint density at radius 2 is 1.54 bits per heavy atom. The molecule has 136 valence electrons. The number of hydrogen-bond donors (Lipinski definition) is 0. The van der Waals surface area contributed by atoms with Crippen LogP contribution in [0.1, 0.15) is 11.1 Å². The largest absolute Gasteiger partial charge is 0.457 e. The van der Waals surface area contributed by atoms with E-state index in [0.29, 0.717) is 6.08 Å². The minimum absolute atomic E-state index is 0.0469. The summed E-state index contributed by atoms with van der Waals surface area (Å²) in [5.41, 5.74) is -1.57. The highest BCUT2D eigenvalue weighted by molar-refractivity contribution is 5.87. The molecule has 0 aliphatic carbocycles. The Balaban J connectivity index is 2.15. The van der Waals surface area contributed by atoms with Crippen molar-refractivity contribution in [2.45, 2.75) is 6.61 Å². The molecular formula is C16H8F5NO4. The number of hydrogen-bond acceptors (Lipinski definition) is 4. The van der Waals surface area contributed by atoms with Gasteiger partial charge >= 0.3 is 5.97 Å². The Labute approximate surface area is 142 Å². The molecule has 0 unspecified atom stereocenters. The molecule has 5 nitrogen and oxygen atoms in total. The maximum atomic E-state index is 13.4. The summed E-state index contributed by atoms with van der Waals surface area (Å²) in [5, 5.41) is 10.8. The SMILES string of the molecule is O=C(/C=C/c1ccccc1[N+](=O)[O-])OCc1c(F)c(F)c(F)c(F)c1F. The minimum atomic E-state index is -2.33. The number of nitro benzene ring substituents is 1. The van der Waals surface area contributed by atoms with Gasteiger partial charge in [-0.2, -0.15) is 0 Å². The molecule has 0 saturated carbocycles. The second-order valence-electron chi connectivity index (χ2n) is 4.81. The molecular weight excluding hydrogens is 365 g/mol. The van der Waals surface area contributed by atoms with Gasteiger partial charge in [-0.1, -0.05) is 12.1 Å². The van der Waals surface area contributed by atoms with Gasteiger partial charge in [0.05, 0.1) is 16.1 Å². The summed E-state index contributed by atoms with van der Waals surface area (Å²) >= 11 is 0. The number of ether oxygens (including phenoxy) is 1. The quantitative estimate of drug-likeness (QED) is 0.151. The molecule has 0 bridgehead atoms. The summed E-state index contributed by atoms with van der Waals surface area (Å²) < 4.78 is 70.3. The first-order valence-corrected chi connectivity index (χ1v) is 6.82. The number of esters is 1. The number of nitro groups is 1. The highest BCUT2D eigenvalue weighted by atomic mass is 19.2. The molecule has 0 radical (unpaired) electrons. The van der Waals surface area contributed by atoms with Crippen LogP contribution in [0.25, 0.3) is 6.08 Å². The van der Waals surface area contributed by atoms with E-state index in [0.717, 1.165) is 6.08 Å². The fraction of sp³-hybridized carbons (Fsp3) is 0.0625. The predicted molar refractivity (Wildman–Crippen MR) is 78.2 cm³/mol. The summed E-state index contributed by atoms with van der Waals surface area (Å²) in [6.45, 7) is -1.22. The van der Waals surface area contributed by atoms with Crippen LogP contribution in [0.3, 0.4) is 0 Å². The lowest BCUT2D eigenvalue weighted by Gasteiger charge is -2.08. The molecule has 10 heteroatoms. The van der Waals surface area contributed by atoms with Crippen molar-refractivity contribution in [2.75, 3.05) is 0 Å². The zero-order valence-electron chi connectivity index (χ0n) is 12.6. The van der Waals surface area contributed by atoms with Crippen LogP contribution in [0, 0.1) is 39.2 Å². The Hall–Kier alpha value is -3.30. The summed E-state index contributed by atoms with van der Waals surface area (Å²) in [4.78, 5) is 21.7. The molecule has 0 saturated heterocycles. The first-order chi connectivity index (χ1) is 12.2.